The number of para-hydroxylation sites is 1. The second-order valence-corrected chi connectivity index (χ2v) is 4.18. The number of benzene rings is 1. The first-order chi connectivity index (χ1) is 7.19. The zero-order valence-corrected chi connectivity index (χ0v) is 10.0. The average molecular weight is 206 g/mol. The molecule has 0 aliphatic heterocycles. The summed E-state index contributed by atoms with van der Waals surface area (Å²) in [6.45, 7) is 6.16. The summed E-state index contributed by atoms with van der Waals surface area (Å²) in [5.74, 6) is 0.592. The van der Waals surface area contributed by atoms with Gasteiger partial charge in [-0.1, -0.05) is 31.5 Å². The highest BCUT2D eigenvalue weighted by Gasteiger charge is 2.09. The quantitative estimate of drug-likeness (QED) is 0.801. The van der Waals surface area contributed by atoms with Crippen molar-refractivity contribution in [2.24, 2.45) is 11.7 Å². The number of nitrogens with two attached hydrogens (primary N) is 1. The van der Waals surface area contributed by atoms with Crippen LogP contribution in [-0.4, -0.2) is 20.1 Å². The number of rotatable bonds is 5. The summed E-state index contributed by atoms with van der Waals surface area (Å²) in [5.41, 5.74) is 8.36. The maximum atomic E-state index is 5.72. The van der Waals surface area contributed by atoms with Gasteiger partial charge in [0.05, 0.1) is 0 Å². The third-order valence-electron chi connectivity index (χ3n) is 2.97. The third kappa shape index (κ3) is 3.24. The van der Waals surface area contributed by atoms with Gasteiger partial charge in [-0.25, -0.2) is 0 Å². The Morgan fingerprint density at radius 3 is 2.53 bits per heavy atom. The first kappa shape index (κ1) is 12.1. The molecule has 1 unspecified atom stereocenters. The van der Waals surface area contributed by atoms with Crippen LogP contribution in [0.1, 0.15) is 18.9 Å². The molecule has 1 aromatic rings. The molecular weight excluding hydrogens is 184 g/mol. The molecule has 84 valence electrons. The highest BCUT2D eigenvalue weighted by molar-refractivity contribution is 5.52. The molecule has 1 rings (SSSR count). The Morgan fingerprint density at radius 1 is 1.33 bits per heavy atom. The predicted molar refractivity (Wildman–Crippen MR) is 67.3 cm³/mol. The first-order valence-electron chi connectivity index (χ1n) is 5.65. The molecule has 0 spiro atoms. The van der Waals surface area contributed by atoms with Gasteiger partial charge in [0.25, 0.3) is 0 Å². The lowest BCUT2D eigenvalue weighted by Crippen LogP contribution is -2.30. The molecule has 1 atom stereocenters. The van der Waals surface area contributed by atoms with Gasteiger partial charge in [-0.05, 0) is 31.0 Å². The Labute approximate surface area is 93.1 Å². The Bertz CT molecular complexity index is 292. The molecule has 0 aromatic heterocycles. The average Bonchev–Trinajstić information content (AvgIpc) is 2.26. The lowest BCUT2D eigenvalue weighted by molar-refractivity contribution is 0.520. The number of aryl methyl sites for hydroxylation is 1. The fourth-order valence-corrected chi connectivity index (χ4v) is 1.85. The van der Waals surface area contributed by atoms with E-state index in [0.717, 1.165) is 19.5 Å². The summed E-state index contributed by atoms with van der Waals surface area (Å²) in [5, 5.41) is 0. The minimum absolute atomic E-state index is 0.592. The van der Waals surface area contributed by atoms with Crippen molar-refractivity contribution in [3.8, 4) is 0 Å². The minimum Gasteiger partial charge on any atom is -0.374 e. The number of nitrogens with zero attached hydrogens (tertiary/aromatic N) is 1. The lowest BCUT2D eigenvalue weighted by Gasteiger charge is -2.25. The van der Waals surface area contributed by atoms with Gasteiger partial charge in [0.2, 0.25) is 0 Å². The van der Waals surface area contributed by atoms with E-state index in [2.05, 4.69) is 50.1 Å². The SMILES string of the molecule is CCC(CN)CN(C)c1ccccc1C. The molecule has 0 amide bonds. The molecule has 0 heterocycles. The molecule has 2 nitrogen and oxygen atoms in total. The van der Waals surface area contributed by atoms with Crippen LogP contribution in [-0.2, 0) is 0 Å². The highest BCUT2D eigenvalue weighted by atomic mass is 15.1. The zero-order valence-electron chi connectivity index (χ0n) is 10.0. The maximum absolute atomic E-state index is 5.72. The van der Waals surface area contributed by atoms with Gasteiger partial charge in [0.15, 0.2) is 0 Å². The van der Waals surface area contributed by atoms with Crippen LogP contribution in [0, 0.1) is 12.8 Å². The monoisotopic (exact) mass is 206 g/mol. The van der Waals surface area contributed by atoms with Crippen molar-refractivity contribution >= 4 is 5.69 Å². The van der Waals surface area contributed by atoms with Gasteiger partial charge in [-0.2, -0.15) is 0 Å². The molecule has 0 saturated carbocycles. The van der Waals surface area contributed by atoms with Crippen LogP contribution >= 0.6 is 0 Å². The second-order valence-electron chi connectivity index (χ2n) is 4.18. The van der Waals surface area contributed by atoms with E-state index in [0.29, 0.717) is 5.92 Å². The lowest BCUT2D eigenvalue weighted by atomic mass is 10.1. The second kappa shape index (κ2) is 5.76. The van der Waals surface area contributed by atoms with E-state index in [-0.39, 0.29) is 0 Å². The molecule has 0 bridgehead atoms. The third-order valence-corrected chi connectivity index (χ3v) is 2.97. The van der Waals surface area contributed by atoms with Crippen LogP contribution in [0.25, 0.3) is 0 Å². The van der Waals surface area contributed by atoms with E-state index < -0.39 is 0 Å². The fraction of sp³-hybridized carbons (Fsp3) is 0.538. The summed E-state index contributed by atoms with van der Waals surface area (Å²) >= 11 is 0. The van der Waals surface area contributed by atoms with Crippen LogP contribution in [0.3, 0.4) is 0 Å². The predicted octanol–water partition coefficient (Wildman–Crippen LogP) is 2.42. The minimum atomic E-state index is 0.592. The van der Waals surface area contributed by atoms with E-state index in [1.165, 1.54) is 11.3 Å². The van der Waals surface area contributed by atoms with Crippen molar-refractivity contribution in [3.63, 3.8) is 0 Å². The topological polar surface area (TPSA) is 29.3 Å². The van der Waals surface area contributed by atoms with E-state index in [1.807, 2.05) is 0 Å². The van der Waals surface area contributed by atoms with Gasteiger partial charge >= 0.3 is 0 Å². The summed E-state index contributed by atoms with van der Waals surface area (Å²) in [6.07, 6.45) is 1.15. The summed E-state index contributed by atoms with van der Waals surface area (Å²) in [7, 11) is 2.14. The highest BCUT2D eigenvalue weighted by Crippen LogP contribution is 2.19. The van der Waals surface area contributed by atoms with Gasteiger partial charge < -0.3 is 10.6 Å². The Hall–Kier alpha value is -1.02. The van der Waals surface area contributed by atoms with Crippen molar-refractivity contribution in [2.45, 2.75) is 20.3 Å². The van der Waals surface area contributed by atoms with Gasteiger partial charge in [0.1, 0.15) is 0 Å². The normalized spacial score (nSPS) is 12.5. The molecule has 15 heavy (non-hydrogen) atoms. The number of anilines is 1. The Kier molecular flexibility index (Phi) is 4.63. The molecule has 0 saturated heterocycles. The molecule has 1 aromatic carbocycles. The largest absolute Gasteiger partial charge is 0.374 e. The van der Waals surface area contributed by atoms with Crippen molar-refractivity contribution in [2.75, 3.05) is 25.0 Å². The van der Waals surface area contributed by atoms with E-state index in [9.17, 15) is 0 Å². The van der Waals surface area contributed by atoms with Crippen molar-refractivity contribution in [1.82, 2.24) is 0 Å². The van der Waals surface area contributed by atoms with Crippen molar-refractivity contribution in [3.05, 3.63) is 29.8 Å². The van der Waals surface area contributed by atoms with E-state index in [4.69, 9.17) is 5.73 Å². The van der Waals surface area contributed by atoms with E-state index in [1.54, 1.807) is 0 Å². The van der Waals surface area contributed by atoms with Crippen LogP contribution in [0.5, 0.6) is 0 Å². The summed E-state index contributed by atoms with van der Waals surface area (Å²) in [4.78, 5) is 2.30. The molecule has 0 aliphatic carbocycles. The molecule has 2 heteroatoms. The van der Waals surface area contributed by atoms with Crippen molar-refractivity contribution < 1.29 is 0 Å². The number of hydrogen-bond acceptors (Lipinski definition) is 2. The Balaban J connectivity index is 2.68. The zero-order chi connectivity index (χ0) is 11.3. The first-order valence-corrected chi connectivity index (χ1v) is 5.65. The molecule has 0 aliphatic rings. The van der Waals surface area contributed by atoms with Gasteiger partial charge in [-0.3, -0.25) is 0 Å². The molecule has 2 N–H and O–H groups in total. The summed E-state index contributed by atoms with van der Waals surface area (Å²) in [6, 6.07) is 8.48. The fourth-order valence-electron chi connectivity index (χ4n) is 1.85. The maximum Gasteiger partial charge on any atom is 0.0393 e. The molecule has 0 fully saturated rings. The van der Waals surface area contributed by atoms with Crippen molar-refractivity contribution in [1.29, 1.82) is 0 Å². The van der Waals surface area contributed by atoms with Crippen LogP contribution in [0.4, 0.5) is 5.69 Å². The smallest absolute Gasteiger partial charge is 0.0393 e. The van der Waals surface area contributed by atoms with Gasteiger partial charge in [-0.15, -0.1) is 0 Å². The molecule has 0 radical (unpaired) electrons. The molecular formula is C13H22N2. The van der Waals surface area contributed by atoms with E-state index >= 15 is 0 Å². The Morgan fingerprint density at radius 2 is 2.00 bits per heavy atom. The standard InChI is InChI=1S/C13H22N2/c1-4-12(9-14)10-15(3)13-8-6-5-7-11(13)2/h5-8,12H,4,9-10,14H2,1-3H3. The van der Waals surface area contributed by atoms with Crippen LogP contribution in [0.15, 0.2) is 24.3 Å². The summed E-state index contributed by atoms with van der Waals surface area (Å²) < 4.78 is 0. The number of hydrogen-bond donors (Lipinski definition) is 1. The van der Waals surface area contributed by atoms with Crippen LogP contribution < -0.4 is 10.6 Å². The van der Waals surface area contributed by atoms with Crippen LogP contribution in [0.2, 0.25) is 0 Å². The van der Waals surface area contributed by atoms with Gasteiger partial charge in [0, 0.05) is 19.3 Å².